The second kappa shape index (κ2) is 6.41. The van der Waals surface area contributed by atoms with Gasteiger partial charge in [0.25, 0.3) is 5.91 Å². The average Bonchev–Trinajstić information content (AvgIpc) is 2.44. The zero-order valence-electron chi connectivity index (χ0n) is 11.5. The van der Waals surface area contributed by atoms with Crippen molar-refractivity contribution in [1.29, 1.82) is 0 Å². The number of amides is 1. The third-order valence-corrected chi connectivity index (χ3v) is 3.57. The molecule has 2 aromatic rings. The summed E-state index contributed by atoms with van der Waals surface area (Å²) in [6.07, 6.45) is 1.16. The Kier molecular flexibility index (Phi) is 4.59. The smallest absolute Gasteiger partial charge is 0.269 e. The van der Waals surface area contributed by atoms with Crippen molar-refractivity contribution < 1.29 is 13.2 Å². The van der Waals surface area contributed by atoms with Gasteiger partial charge in [0.2, 0.25) is 0 Å². The Bertz CT molecular complexity index is 728. The Hall–Kier alpha value is -2.34. The molecule has 2 aromatic carbocycles. The Morgan fingerprint density at radius 3 is 2.43 bits per heavy atom. The maximum absolute atomic E-state index is 12.0. The maximum Gasteiger partial charge on any atom is 0.269 e. The van der Waals surface area contributed by atoms with Gasteiger partial charge in [-0.1, -0.05) is 30.3 Å². The molecule has 0 aliphatic rings. The third-order valence-electron chi connectivity index (χ3n) is 2.71. The van der Waals surface area contributed by atoms with E-state index in [0.29, 0.717) is 11.1 Å². The van der Waals surface area contributed by atoms with Crippen molar-refractivity contribution >= 4 is 21.4 Å². The Labute approximate surface area is 123 Å². The van der Waals surface area contributed by atoms with E-state index in [1.807, 2.05) is 30.3 Å². The highest BCUT2D eigenvalue weighted by molar-refractivity contribution is 7.89. The molecular formula is C15H16N2O3S. The first-order valence-corrected chi connectivity index (χ1v) is 8.38. The predicted octanol–water partition coefficient (Wildman–Crippen LogP) is 1.99. The molecule has 2 N–H and O–H groups in total. The summed E-state index contributed by atoms with van der Waals surface area (Å²) >= 11 is 0. The molecule has 0 radical (unpaired) electrons. The van der Waals surface area contributed by atoms with Crippen LogP contribution in [0.5, 0.6) is 0 Å². The summed E-state index contributed by atoms with van der Waals surface area (Å²) < 4.78 is 22.6. The molecule has 0 aromatic heterocycles. The van der Waals surface area contributed by atoms with Gasteiger partial charge in [0.15, 0.2) is 9.84 Å². The maximum atomic E-state index is 12.0. The quantitative estimate of drug-likeness (QED) is 0.828. The number of hydrazine groups is 1. The summed E-state index contributed by atoms with van der Waals surface area (Å²) in [6, 6.07) is 15.8. The summed E-state index contributed by atoms with van der Waals surface area (Å²) in [7, 11) is -3.12. The molecule has 2 rings (SSSR count). The van der Waals surface area contributed by atoms with Gasteiger partial charge in [-0.15, -0.1) is 0 Å². The highest BCUT2D eigenvalue weighted by Gasteiger charge is 2.09. The lowest BCUT2D eigenvalue weighted by Crippen LogP contribution is -2.29. The molecule has 0 unspecified atom stereocenters. The molecule has 0 heterocycles. The van der Waals surface area contributed by atoms with Gasteiger partial charge in [-0.3, -0.25) is 15.6 Å². The van der Waals surface area contributed by atoms with Crippen LogP contribution in [0.2, 0.25) is 0 Å². The Balaban J connectivity index is 2.04. The van der Waals surface area contributed by atoms with Gasteiger partial charge in [0.1, 0.15) is 0 Å². The molecule has 0 aliphatic heterocycles. The number of carbonyl (C=O) groups is 1. The van der Waals surface area contributed by atoms with Gasteiger partial charge < -0.3 is 0 Å². The number of benzene rings is 2. The molecule has 110 valence electrons. The lowest BCUT2D eigenvalue weighted by Gasteiger charge is -2.09. The van der Waals surface area contributed by atoms with E-state index in [9.17, 15) is 13.2 Å². The first-order valence-electron chi connectivity index (χ1n) is 6.32. The lowest BCUT2D eigenvalue weighted by atomic mass is 10.1. The monoisotopic (exact) mass is 304 g/mol. The van der Waals surface area contributed by atoms with Gasteiger partial charge in [-0.2, -0.15) is 0 Å². The number of anilines is 1. The minimum atomic E-state index is -3.12. The largest absolute Gasteiger partial charge is 0.298 e. The van der Waals surface area contributed by atoms with Crippen LogP contribution in [0.1, 0.15) is 15.9 Å². The fourth-order valence-electron chi connectivity index (χ4n) is 1.83. The van der Waals surface area contributed by atoms with Crippen molar-refractivity contribution in [2.75, 3.05) is 11.7 Å². The molecule has 0 aliphatic carbocycles. The molecule has 0 spiro atoms. The summed E-state index contributed by atoms with van der Waals surface area (Å²) in [5.41, 5.74) is 7.11. The van der Waals surface area contributed by atoms with Crippen LogP contribution >= 0.6 is 0 Å². The van der Waals surface area contributed by atoms with Crippen molar-refractivity contribution in [3.63, 3.8) is 0 Å². The van der Waals surface area contributed by atoms with E-state index in [1.54, 1.807) is 24.3 Å². The highest BCUT2D eigenvalue weighted by atomic mass is 32.2. The van der Waals surface area contributed by atoms with Gasteiger partial charge in [0.05, 0.1) is 11.4 Å². The zero-order chi connectivity index (χ0) is 15.3. The normalized spacial score (nSPS) is 10.9. The van der Waals surface area contributed by atoms with E-state index in [0.717, 1.165) is 11.9 Å². The van der Waals surface area contributed by atoms with Crippen LogP contribution < -0.4 is 10.9 Å². The number of carbonyl (C=O) groups excluding carboxylic acids is 1. The number of para-hydroxylation sites is 1. The summed E-state index contributed by atoms with van der Waals surface area (Å²) in [6.45, 7) is 0. The molecular weight excluding hydrogens is 288 g/mol. The van der Waals surface area contributed by atoms with Crippen LogP contribution in [0.25, 0.3) is 0 Å². The van der Waals surface area contributed by atoms with Crippen molar-refractivity contribution in [2.45, 2.75) is 5.75 Å². The summed E-state index contributed by atoms with van der Waals surface area (Å²) in [5.74, 6) is -0.408. The molecule has 5 nitrogen and oxygen atoms in total. The molecule has 0 saturated heterocycles. The molecule has 0 saturated carbocycles. The fourth-order valence-corrected chi connectivity index (χ4v) is 2.61. The molecule has 0 atom stereocenters. The number of hydrogen-bond acceptors (Lipinski definition) is 4. The number of sulfone groups is 1. The second-order valence-electron chi connectivity index (χ2n) is 4.72. The molecule has 21 heavy (non-hydrogen) atoms. The first-order chi connectivity index (χ1) is 9.94. The van der Waals surface area contributed by atoms with Crippen LogP contribution in [0.15, 0.2) is 54.6 Å². The Morgan fingerprint density at radius 1 is 1.05 bits per heavy atom. The van der Waals surface area contributed by atoms with Crippen molar-refractivity contribution in [3.05, 3.63) is 65.7 Å². The number of nitrogens with one attached hydrogen (secondary N) is 2. The average molecular weight is 304 g/mol. The van der Waals surface area contributed by atoms with Gasteiger partial charge in [0, 0.05) is 11.8 Å². The molecule has 0 fully saturated rings. The fraction of sp³-hybridized carbons (Fsp3) is 0.133. The van der Waals surface area contributed by atoms with Crippen LogP contribution in [-0.4, -0.2) is 20.6 Å². The minimum absolute atomic E-state index is 0.0831. The zero-order valence-corrected chi connectivity index (χ0v) is 12.4. The van der Waals surface area contributed by atoms with Crippen LogP contribution in [0.3, 0.4) is 0 Å². The molecule has 1 amide bonds. The number of rotatable bonds is 5. The van der Waals surface area contributed by atoms with Crippen molar-refractivity contribution in [3.8, 4) is 0 Å². The van der Waals surface area contributed by atoms with Crippen molar-refractivity contribution in [2.24, 2.45) is 0 Å². The van der Waals surface area contributed by atoms with Gasteiger partial charge >= 0.3 is 0 Å². The first kappa shape index (κ1) is 15.1. The highest BCUT2D eigenvalue weighted by Crippen LogP contribution is 2.09. The summed E-state index contributed by atoms with van der Waals surface area (Å²) in [4.78, 5) is 12.0. The van der Waals surface area contributed by atoms with Crippen LogP contribution in [-0.2, 0) is 15.6 Å². The topological polar surface area (TPSA) is 75.3 Å². The van der Waals surface area contributed by atoms with E-state index in [2.05, 4.69) is 10.9 Å². The van der Waals surface area contributed by atoms with E-state index < -0.39 is 9.84 Å². The van der Waals surface area contributed by atoms with Gasteiger partial charge in [-0.25, -0.2) is 8.42 Å². The van der Waals surface area contributed by atoms with E-state index in [4.69, 9.17) is 0 Å². The summed E-state index contributed by atoms with van der Waals surface area (Å²) in [5, 5.41) is 0. The Morgan fingerprint density at radius 2 is 1.76 bits per heavy atom. The van der Waals surface area contributed by atoms with E-state index in [-0.39, 0.29) is 11.7 Å². The van der Waals surface area contributed by atoms with Crippen LogP contribution in [0, 0.1) is 0 Å². The molecule has 6 heteroatoms. The SMILES string of the molecule is CS(=O)(=O)Cc1cccc(C(=O)NNc2ccccc2)c1. The molecule has 0 bridgehead atoms. The van der Waals surface area contributed by atoms with E-state index >= 15 is 0 Å². The second-order valence-corrected chi connectivity index (χ2v) is 6.86. The van der Waals surface area contributed by atoms with Crippen LogP contribution in [0.4, 0.5) is 5.69 Å². The van der Waals surface area contributed by atoms with Gasteiger partial charge in [-0.05, 0) is 29.8 Å². The lowest BCUT2D eigenvalue weighted by molar-refractivity contribution is 0.0962. The third kappa shape index (κ3) is 4.92. The van der Waals surface area contributed by atoms with E-state index in [1.165, 1.54) is 0 Å². The number of hydrogen-bond donors (Lipinski definition) is 2. The minimum Gasteiger partial charge on any atom is -0.298 e. The predicted molar refractivity (Wildman–Crippen MR) is 82.5 cm³/mol. The van der Waals surface area contributed by atoms with Crippen molar-refractivity contribution in [1.82, 2.24) is 5.43 Å². The standard InChI is InChI=1S/C15H16N2O3S/c1-21(19,20)11-12-6-5-7-13(10-12)15(18)17-16-14-8-3-2-4-9-14/h2-10,16H,11H2,1H3,(H,17,18).